The van der Waals surface area contributed by atoms with E-state index in [0.717, 1.165) is 0 Å². The number of nitrogens with two attached hydrogens (primary N) is 1. The predicted molar refractivity (Wildman–Crippen MR) is 126 cm³/mol. The van der Waals surface area contributed by atoms with Crippen molar-refractivity contribution in [2.45, 2.75) is 25.2 Å². The Kier molecular flexibility index (Phi) is 6.48. The van der Waals surface area contributed by atoms with E-state index in [1.165, 1.54) is 19.2 Å². The topological polar surface area (TPSA) is 118 Å². The van der Waals surface area contributed by atoms with Gasteiger partial charge in [-0.25, -0.2) is 5.01 Å². The zero-order valence-electron chi connectivity index (χ0n) is 18.7. The van der Waals surface area contributed by atoms with Crippen molar-refractivity contribution in [3.05, 3.63) is 81.3 Å². The lowest BCUT2D eigenvalue weighted by Crippen LogP contribution is -2.48. The number of Topliss-reactive ketones (excluding diaryl/α,β-unsaturated/α-hetero) is 1. The molecule has 1 aliphatic carbocycles. The number of carbonyl (C=O) groups is 2. The molecule has 9 heteroatoms. The van der Waals surface area contributed by atoms with Crippen LogP contribution in [0.1, 0.15) is 41.1 Å². The van der Waals surface area contributed by atoms with Gasteiger partial charge in [0.15, 0.2) is 17.3 Å². The molecule has 1 unspecified atom stereocenters. The molecular weight excluding hydrogens is 456 g/mol. The third-order valence-corrected chi connectivity index (χ3v) is 6.23. The Morgan fingerprint density at radius 2 is 1.85 bits per heavy atom. The third kappa shape index (κ3) is 4.06. The van der Waals surface area contributed by atoms with Crippen LogP contribution in [-0.2, 0) is 4.79 Å². The van der Waals surface area contributed by atoms with Crippen molar-refractivity contribution in [3.63, 3.8) is 0 Å². The summed E-state index contributed by atoms with van der Waals surface area (Å²) < 4.78 is 10.7. The van der Waals surface area contributed by atoms with Gasteiger partial charge in [-0.15, -0.1) is 0 Å². The van der Waals surface area contributed by atoms with E-state index in [4.69, 9.17) is 26.8 Å². The Bertz CT molecular complexity index is 1260. The minimum absolute atomic E-state index is 0.0676. The molecule has 2 aromatic rings. The molecule has 0 saturated carbocycles. The van der Waals surface area contributed by atoms with Crippen molar-refractivity contribution in [2.75, 3.05) is 14.2 Å². The van der Waals surface area contributed by atoms with Crippen molar-refractivity contribution >= 4 is 23.3 Å². The number of benzene rings is 2. The molecule has 1 amide bonds. The van der Waals surface area contributed by atoms with Crippen LogP contribution in [0.4, 0.5) is 0 Å². The molecule has 1 aliphatic heterocycles. The lowest BCUT2D eigenvalue weighted by Gasteiger charge is -2.39. The van der Waals surface area contributed by atoms with E-state index in [1.807, 2.05) is 0 Å². The number of ketones is 1. The van der Waals surface area contributed by atoms with Crippen LogP contribution in [-0.4, -0.2) is 30.9 Å². The van der Waals surface area contributed by atoms with E-state index in [1.54, 1.807) is 42.5 Å². The monoisotopic (exact) mass is 478 g/mol. The lowest BCUT2D eigenvalue weighted by molar-refractivity contribution is -0.116. The molecular formula is C25H23ClN4O4. The maximum atomic E-state index is 13.2. The van der Waals surface area contributed by atoms with Crippen LogP contribution in [0, 0.1) is 11.3 Å². The minimum atomic E-state index is -0.684. The van der Waals surface area contributed by atoms with E-state index in [-0.39, 0.29) is 17.2 Å². The first-order valence-electron chi connectivity index (χ1n) is 10.6. The van der Waals surface area contributed by atoms with Crippen molar-refractivity contribution in [3.8, 4) is 17.6 Å². The van der Waals surface area contributed by atoms with Gasteiger partial charge in [0.1, 0.15) is 5.82 Å². The van der Waals surface area contributed by atoms with Crippen molar-refractivity contribution < 1.29 is 19.1 Å². The Morgan fingerprint density at radius 3 is 2.50 bits per heavy atom. The summed E-state index contributed by atoms with van der Waals surface area (Å²) in [5.74, 6) is -0.147. The summed E-state index contributed by atoms with van der Waals surface area (Å²) in [7, 11) is 3.05. The quantitative estimate of drug-likeness (QED) is 0.671. The molecule has 2 aliphatic rings. The number of nitrogens with one attached hydrogen (secondary N) is 1. The third-order valence-electron chi connectivity index (χ3n) is 5.97. The van der Waals surface area contributed by atoms with Gasteiger partial charge in [0, 0.05) is 28.3 Å². The van der Waals surface area contributed by atoms with Crippen LogP contribution in [0.2, 0.25) is 5.02 Å². The molecule has 8 nitrogen and oxygen atoms in total. The maximum Gasteiger partial charge on any atom is 0.270 e. The van der Waals surface area contributed by atoms with Crippen LogP contribution in [0.5, 0.6) is 11.5 Å². The highest BCUT2D eigenvalue weighted by Gasteiger charge is 2.40. The molecule has 1 heterocycles. The maximum absolute atomic E-state index is 13.2. The van der Waals surface area contributed by atoms with Crippen LogP contribution in [0.25, 0.3) is 0 Å². The second kappa shape index (κ2) is 9.49. The van der Waals surface area contributed by atoms with E-state index in [2.05, 4.69) is 11.5 Å². The number of hydrogen-bond donors (Lipinski definition) is 2. The highest BCUT2D eigenvalue weighted by molar-refractivity contribution is 6.30. The van der Waals surface area contributed by atoms with Crippen molar-refractivity contribution in [1.29, 1.82) is 5.26 Å². The standard InChI is InChI=1S/C25H23ClN4O4/c1-33-20-11-8-15(12-21(20)34-2)22-17(13-27)24(28)30(18-4-3-5-19(31)23(18)22)29-25(32)14-6-9-16(26)10-7-14/h6-12,22H,3-5,28H2,1-2H3,(H,29,32). The number of carbonyl (C=O) groups excluding carboxylic acids is 2. The number of amides is 1. The summed E-state index contributed by atoms with van der Waals surface area (Å²) in [6.07, 6.45) is 1.48. The second-order valence-electron chi connectivity index (χ2n) is 7.88. The molecule has 34 heavy (non-hydrogen) atoms. The van der Waals surface area contributed by atoms with Crippen LogP contribution < -0.4 is 20.6 Å². The fourth-order valence-corrected chi connectivity index (χ4v) is 4.47. The minimum Gasteiger partial charge on any atom is -0.493 e. The first kappa shape index (κ1) is 23.2. The van der Waals surface area contributed by atoms with Gasteiger partial charge in [0.2, 0.25) is 0 Å². The summed E-state index contributed by atoms with van der Waals surface area (Å²) in [4.78, 5) is 26.1. The van der Waals surface area contributed by atoms with Gasteiger partial charge in [-0.3, -0.25) is 15.0 Å². The molecule has 1 atom stereocenters. The van der Waals surface area contributed by atoms with Gasteiger partial charge in [0.05, 0.1) is 31.8 Å². The van der Waals surface area contributed by atoms with Gasteiger partial charge < -0.3 is 15.2 Å². The van der Waals surface area contributed by atoms with E-state index in [9.17, 15) is 14.9 Å². The Balaban J connectivity index is 1.81. The Labute approximate surface area is 202 Å². The number of nitriles is 1. The number of allylic oxidation sites excluding steroid dienone is 3. The summed E-state index contributed by atoms with van der Waals surface area (Å²) in [5, 5.41) is 11.9. The highest BCUT2D eigenvalue weighted by atomic mass is 35.5. The molecule has 0 saturated heterocycles. The fourth-order valence-electron chi connectivity index (χ4n) is 4.35. The largest absolute Gasteiger partial charge is 0.493 e. The first-order valence-corrected chi connectivity index (χ1v) is 11.0. The second-order valence-corrected chi connectivity index (χ2v) is 8.31. The van der Waals surface area contributed by atoms with Gasteiger partial charge in [-0.2, -0.15) is 5.26 Å². The van der Waals surface area contributed by atoms with Crippen LogP contribution in [0.15, 0.2) is 65.1 Å². The number of rotatable bonds is 5. The average Bonchev–Trinajstić information content (AvgIpc) is 2.85. The zero-order valence-corrected chi connectivity index (χ0v) is 19.5. The molecule has 0 radical (unpaired) electrons. The molecule has 174 valence electrons. The van der Waals surface area contributed by atoms with Crippen LogP contribution >= 0.6 is 11.6 Å². The zero-order chi connectivity index (χ0) is 24.4. The van der Waals surface area contributed by atoms with Gasteiger partial charge in [-0.05, 0) is 54.8 Å². The molecule has 0 spiro atoms. The van der Waals surface area contributed by atoms with Crippen molar-refractivity contribution in [2.24, 2.45) is 5.73 Å². The Hall–Kier alpha value is -3.96. The first-order chi connectivity index (χ1) is 16.4. The van der Waals surface area contributed by atoms with E-state index < -0.39 is 11.8 Å². The summed E-state index contributed by atoms with van der Waals surface area (Å²) >= 11 is 5.92. The number of hydrogen-bond acceptors (Lipinski definition) is 7. The normalized spacial score (nSPS) is 17.8. The molecule has 0 bridgehead atoms. The van der Waals surface area contributed by atoms with Gasteiger partial charge >= 0.3 is 0 Å². The molecule has 3 N–H and O–H groups in total. The Morgan fingerprint density at radius 1 is 1.15 bits per heavy atom. The number of nitrogens with zero attached hydrogens (tertiary/aromatic N) is 2. The summed E-state index contributed by atoms with van der Waals surface area (Å²) in [6.45, 7) is 0. The van der Waals surface area contributed by atoms with Gasteiger partial charge in [-0.1, -0.05) is 17.7 Å². The highest BCUT2D eigenvalue weighted by Crippen LogP contribution is 2.45. The van der Waals surface area contributed by atoms with Crippen molar-refractivity contribution in [1.82, 2.24) is 10.4 Å². The van der Waals surface area contributed by atoms with E-state index >= 15 is 0 Å². The van der Waals surface area contributed by atoms with Gasteiger partial charge in [0.25, 0.3) is 5.91 Å². The number of halogens is 1. The number of ether oxygens (including phenoxy) is 2. The summed E-state index contributed by atoms with van der Waals surface area (Å²) in [6, 6.07) is 13.8. The number of hydrazine groups is 1. The fraction of sp³-hybridized carbons (Fsp3) is 0.240. The molecule has 0 fully saturated rings. The smallest absolute Gasteiger partial charge is 0.270 e. The van der Waals surface area contributed by atoms with E-state index in [0.29, 0.717) is 58.2 Å². The molecule has 2 aromatic carbocycles. The predicted octanol–water partition coefficient (Wildman–Crippen LogP) is 3.80. The van der Waals surface area contributed by atoms with Crippen LogP contribution in [0.3, 0.4) is 0 Å². The lowest BCUT2D eigenvalue weighted by atomic mass is 9.76. The number of methoxy groups -OCH3 is 2. The SMILES string of the molecule is COc1ccc(C2C(C#N)=C(N)N(NC(=O)c3ccc(Cl)cc3)C3=C2C(=O)CCC3)cc1OC. The molecule has 0 aromatic heterocycles. The summed E-state index contributed by atoms with van der Waals surface area (Å²) in [5.41, 5.74) is 11.4. The average molecular weight is 479 g/mol. The molecule has 4 rings (SSSR count).